The highest BCUT2D eigenvalue weighted by atomic mass is 16.2. The number of rotatable bonds is 4. The largest absolute Gasteiger partial charge is 0.363 e. The van der Waals surface area contributed by atoms with Gasteiger partial charge in [0, 0.05) is 26.5 Å². The van der Waals surface area contributed by atoms with Crippen molar-refractivity contribution in [3.8, 4) is 0 Å². The van der Waals surface area contributed by atoms with E-state index < -0.39 is 0 Å². The number of pyridine rings is 1. The van der Waals surface area contributed by atoms with Crippen LogP contribution in [0.25, 0.3) is 10.9 Å². The first kappa shape index (κ1) is 17.0. The number of aromatic nitrogens is 1. The van der Waals surface area contributed by atoms with E-state index in [2.05, 4.69) is 4.98 Å². The summed E-state index contributed by atoms with van der Waals surface area (Å²) in [5.41, 5.74) is 2.63. The molecular formula is C21H23N3O. The van der Waals surface area contributed by atoms with E-state index in [1.807, 2.05) is 93.6 Å². The Morgan fingerprint density at radius 1 is 0.960 bits per heavy atom. The Balaban J connectivity index is 2.04. The number of anilines is 1. The molecule has 1 amide bonds. The molecule has 0 bridgehead atoms. The van der Waals surface area contributed by atoms with Crippen molar-refractivity contribution in [3.63, 3.8) is 0 Å². The number of fused-ring (bicyclic) bond motifs is 1. The normalized spacial score (nSPS) is 12.0. The van der Waals surface area contributed by atoms with Gasteiger partial charge in [0.05, 0.1) is 17.1 Å². The van der Waals surface area contributed by atoms with Gasteiger partial charge in [0.25, 0.3) is 5.91 Å². The molecule has 128 valence electrons. The minimum atomic E-state index is -0.0107. The van der Waals surface area contributed by atoms with E-state index in [-0.39, 0.29) is 11.9 Å². The number of para-hydroxylation sites is 1. The number of hydrogen-bond donors (Lipinski definition) is 0. The number of carbonyl (C=O) groups is 1. The van der Waals surface area contributed by atoms with Gasteiger partial charge in [-0.05, 0) is 24.6 Å². The maximum absolute atomic E-state index is 13.2. The van der Waals surface area contributed by atoms with Crippen molar-refractivity contribution in [3.05, 3.63) is 71.8 Å². The molecule has 4 heteroatoms. The van der Waals surface area contributed by atoms with Crippen molar-refractivity contribution in [2.24, 2.45) is 0 Å². The molecular weight excluding hydrogens is 310 g/mol. The molecule has 1 atom stereocenters. The van der Waals surface area contributed by atoms with Gasteiger partial charge in [-0.1, -0.05) is 48.5 Å². The van der Waals surface area contributed by atoms with Crippen LogP contribution in [0.1, 0.15) is 28.9 Å². The molecule has 3 rings (SSSR count). The third kappa shape index (κ3) is 3.33. The Hall–Kier alpha value is -2.88. The van der Waals surface area contributed by atoms with E-state index in [1.54, 1.807) is 4.90 Å². The lowest BCUT2D eigenvalue weighted by Crippen LogP contribution is -2.30. The number of benzene rings is 2. The molecule has 0 N–H and O–H groups in total. The Morgan fingerprint density at radius 3 is 2.28 bits per heavy atom. The summed E-state index contributed by atoms with van der Waals surface area (Å²) in [5, 5.41) is 0.880. The van der Waals surface area contributed by atoms with Crippen LogP contribution in [-0.4, -0.2) is 36.9 Å². The summed E-state index contributed by atoms with van der Waals surface area (Å²) in [6.07, 6.45) is 0. The molecule has 0 saturated carbocycles. The summed E-state index contributed by atoms with van der Waals surface area (Å²) in [4.78, 5) is 21.6. The predicted octanol–water partition coefficient (Wildman–Crippen LogP) is 4.13. The van der Waals surface area contributed by atoms with Crippen LogP contribution in [0.5, 0.6) is 0 Å². The zero-order valence-corrected chi connectivity index (χ0v) is 15.1. The smallest absolute Gasteiger partial charge is 0.254 e. The second-order valence-corrected chi connectivity index (χ2v) is 6.44. The summed E-state index contributed by atoms with van der Waals surface area (Å²) < 4.78 is 0. The fraction of sp³-hybridized carbons (Fsp3) is 0.238. The third-order valence-corrected chi connectivity index (χ3v) is 4.57. The lowest BCUT2D eigenvalue weighted by molar-refractivity contribution is 0.0744. The monoisotopic (exact) mass is 333 g/mol. The van der Waals surface area contributed by atoms with E-state index in [0.717, 1.165) is 22.3 Å². The van der Waals surface area contributed by atoms with Crippen LogP contribution in [0.15, 0.2) is 60.7 Å². The second kappa shape index (κ2) is 6.93. The van der Waals surface area contributed by atoms with Gasteiger partial charge in [-0.25, -0.2) is 4.98 Å². The minimum absolute atomic E-state index is 0.00180. The van der Waals surface area contributed by atoms with Crippen molar-refractivity contribution < 1.29 is 4.79 Å². The highest BCUT2D eigenvalue weighted by Gasteiger charge is 2.22. The predicted molar refractivity (Wildman–Crippen MR) is 103 cm³/mol. The number of hydrogen-bond acceptors (Lipinski definition) is 3. The van der Waals surface area contributed by atoms with Crippen LogP contribution in [0.3, 0.4) is 0 Å². The maximum Gasteiger partial charge on any atom is 0.254 e. The maximum atomic E-state index is 13.2. The first-order valence-corrected chi connectivity index (χ1v) is 8.38. The van der Waals surface area contributed by atoms with Gasteiger partial charge < -0.3 is 9.80 Å². The van der Waals surface area contributed by atoms with Gasteiger partial charge in [0.2, 0.25) is 0 Å². The molecule has 1 heterocycles. The summed E-state index contributed by atoms with van der Waals surface area (Å²) in [7, 11) is 5.72. The molecule has 0 aliphatic rings. The molecule has 2 aromatic carbocycles. The van der Waals surface area contributed by atoms with Crippen LogP contribution in [0.4, 0.5) is 5.82 Å². The quantitative estimate of drug-likeness (QED) is 0.720. The van der Waals surface area contributed by atoms with Crippen molar-refractivity contribution >= 4 is 22.6 Å². The lowest BCUT2D eigenvalue weighted by Gasteiger charge is -2.26. The number of carbonyl (C=O) groups excluding carboxylic acids is 1. The van der Waals surface area contributed by atoms with E-state index in [9.17, 15) is 4.79 Å². The minimum Gasteiger partial charge on any atom is -0.363 e. The van der Waals surface area contributed by atoms with Crippen LogP contribution >= 0.6 is 0 Å². The Morgan fingerprint density at radius 2 is 1.60 bits per heavy atom. The van der Waals surface area contributed by atoms with Gasteiger partial charge in [-0.3, -0.25) is 4.79 Å². The number of amides is 1. The highest BCUT2D eigenvalue weighted by Crippen LogP contribution is 2.26. The molecule has 0 aliphatic carbocycles. The van der Waals surface area contributed by atoms with E-state index >= 15 is 0 Å². The SMILES string of the molecule is CC(c1ccccc1)N(C)C(=O)c1cc(N(C)C)nc2ccccc12. The van der Waals surface area contributed by atoms with Gasteiger partial charge >= 0.3 is 0 Å². The van der Waals surface area contributed by atoms with E-state index in [0.29, 0.717) is 5.56 Å². The fourth-order valence-electron chi connectivity index (χ4n) is 2.89. The summed E-state index contributed by atoms with van der Waals surface area (Å²) in [6, 6.07) is 19.7. The summed E-state index contributed by atoms with van der Waals surface area (Å²) in [5.74, 6) is 0.779. The summed E-state index contributed by atoms with van der Waals surface area (Å²) in [6.45, 7) is 2.05. The summed E-state index contributed by atoms with van der Waals surface area (Å²) >= 11 is 0. The molecule has 1 aromatic heterocycles. The van der Waals surface area contributed by atoms with Gasteiger partial charge in [0.15, 0.2) is 0 Å². The molecule has 3 aromatic rings. The molecule has 0 spiro atoms. The van der Waals surface area contributed by atoms with Crippen molar-refractivity contribution in [1.82, 2.24) is 9.88 Å². The zero-order chi connectivity index (χ0) is 18.0. The highest BCUT2D eigenvalue weighted by molar-refractivity contribution is 6.07. The average Bonchev–Trinajstić information content (AvgIpc) is 2.66. The molecule has 4 nitrogen and oxygen atoms in total. The lowest BCUT2D eigenvalue weighted by atomic mass is 10.0. The topological polar surface area (TPSA) is 36.4 Å². The van der Waals surface area contributed by atoms with Gasteiger partial charge in [-0.2, -0.15) is 0 Å². The Bertz CT molecular complexity index is 890. The molecule has 0 radical (unpaired) electrons. The third-order valence-electron chi connectivity index (χ3n) is 4.57. The zero-order valence-electron chi connectivity index (χ0n) is 15.1. The molecule has 0 fully saturated rings. The average molecular weight is 333 g/mol. The molecule has 0 saturated heterocycles. The van der Waals surface area contributed by atoms with Crippen LogP contribution in [-0.2, 0) is 0 Å². The molecule has 25 heavy (non-hydrogen) atoms. The fourth-order valence-corrected chi connectivity index (χ4v) is 2.89. The van der Waals surface area contributed by atoms with Crippen LogP contribution in [0.2, 0.25) is 0 Å². The first-order valence-electron chi connectivity index (χ1n) is 8.38. The van der Waals surface area contributed by atoms with Crippen molar-refractivity contribution in [1.29, 1.82) is 0 Å². The van der Waals surface area contributed by atoms with Crippen molar-refractivity contribution in [2.75, 3.05) is 26.0 Å². The standard InChI is InChI=1S/C21H23N3O/c1-15(16-10-6-5-7-11-16)24(4)21(25)18-14-20(23(2)3)22-19-13-9-8-12-17(18)19/h5-15H,1-4H3. The second-order valence-electron chi connectivity index (χ2n) is 6.44. The van der Waals surface area contributed by atoms with Crippen molar-refractivity contribution in [2.45, 2.75) is 13.0 Å². The van der Waals surface area contributed by atoms with Crippen LogP contribution < -0.4 is 4.90 Å². The van der Waals surface area contributed by atoms with E-state index in [4.69, 9.17) is 0 Å². The number of nitrogens with zero attached hydrogens (tertiary/aromatic N) is 3. The van der Waals surface area contributed by atoms with Crippen LogP contribution in [0, 0.1) is 0 Å². The van der Waals surface area contributed by atoms with Gasteiger partial charge in [-0.15, -0.1) is 0 Å². The Kier molecular flexibility index (Phi) is 4.70. The molecule has 0 aliphatic heterocycles. The van der Waals surface area contributed by atoms with E-state index in [1.165, 1.54) is 0 Å². The van der Waals surface area contributed by atoms with Gasteiger partial charge in [0.1, 0.15) is 5.82 Å². The Labute approximate surface area is 148 Å². The first-order chi connectivity index (χ1) is 12.0. The molecule has 1 unspecified atom stereocenters.